The number of imide groups is 1. The Morgan fingerprint density at radius 3 is 2.37 bits per heavy atom. The van der Waals surface area contributed by atoms with Crippen molar-refractivity contribution in [1.29, 1.82) is 0 Å². The Balaban J connectivity index is 2.10. The predicted octanol–water partition coefficient (Wildman–Crippen LogP) is 4.33. The van der Waals surface area contributed by atoms with Crippen molar-refractivity contribution < 1.29 is 23.1 Å². The molecule has 1 aromatic carbocycles. The highest BCUT2D eigenvalue weighted by Gasteiger charge is 2.65. The molecule has 9 heteroatoms. The Morgan fingerprint density at radius 1 is 1.19 bits per heavy atom. The number of quaternary nitrogens is 1. The van der Waals surface area contributed by atoms with Crippen LogP contribution in [0.15, 0.2) is 47.2 Å². The van der Waals surface area contributed by atoms with Crippen molar-refractivity contribution in [1.82, 2.24) is 9.47 Å². The quantitative estimate of drug-likeness (QED) is 0.524. The lowest BCUT2D eigenvalue weighted by Crippen LogP contribution is -2.52. The molecule has 142 valence electrons. The van der Waals surface area contributed by atoms with Crippen LogP contribution in [0.4, 0.5) is 25.0 Å². The van der Waals surface area contributed by atoms with Crippen molar-refractivity contribution in [2.24, 2.45) is 0 Å². The van der Waals surface area contributed by atoms with Crippen LogP contribution in [-0.4, -0.2) is 36.1 Å². The molecule has 0 saturated carbocycles. The van der Waals surface area contributed by atoms with Gasteiger partial charge in [0, 0.05) is 24.5 Å². The van der Waals surface area contributed by atoms with Gasteiger partial charge in [-0.2, -0.15) is 8.78 Å². The number of likely N-dealkylation sites (N-methyl/N-ethyl adjacent to an activating group) is 1. The zero-order valence-corrected chi connectivity index (χ0v) is 16.4. The minimum absolute atomic E-state index is 0.0726. The molecular formula is C18H17BrF2N3O3+. The van der Waals surface area contributed by atoms with Gasteiger partial charge in [0.25, 0.3) is 0 Å². The zero-order valence-electron chi connectivity index (χ0n) is 14.8. The average Bonchev–Trinajstić information content (AvgIpc) is 2.73. The number of carbonyl (C=O) groups is 2. The van der Waals surface area contributed by atoms with Gasteiger partial charge in [-0.15, -0.1) is 4.48 Å². The minimum Gasteiger partial charge on any atom is -0.435 e. The number of pyridine rings is 1. The van der Waals surface area contributed by atoms with E-state index in [4.69, 9.17) is 0 Å². The summed E-state index contributed by atoms with van der Waals surface area (Å²) >= 11 is 3.28. The number of nitrogens with zero attached hydrogens (tertiary/aromatic N) is 3. The Bertz CT molecular complexity index is 908. The molecule has 1 atom stereocenters. The van der Waals surface area contributed by atoms with Gasteiger partial charge < -0.3 is 4.74 Å². The summed E-state index contributed by atoms with van der Waals surface area (Å²) < 4.78 is 28.9. The van der Waals surface area contributed by atoms with E-state index in [0.29, 0.717) is 15.8 Å². The standard InChI is InChI=1S/C18H17BrF2N3O3/c1-18(2)15(25)24(3,17(26)23(18)11-6-8-22-9-7-11)14-5-4-12(10-13(14)19)27-16(20)21/h4-10,16H,1-3H3/q+1. The summed E-state index contributed by atoms with van der Waals surface area (Å²) in [5.74, 6) is -0.427. The number of amides is 3. The lowest BCUT2D eigenvalue weighted by Gasteiger charge is -2.24. The van der Waals surface area contributed by atoms with Gasteiger partial charge in [-0.25, -0.2) is 14.5 Å². The Hall–Kier alpha value is -2.39. The van der Waals surface area contributed by atoms with Crippen LogP contribution in [0.3, 0.4) is 0 Å². The van der Waals surface area contributed by atoms with E-state index in [2.05, 4.69) is 25.7 Å². The smallest absolute Gasteiger partial charge is 0.435 e. The third-order valence-electron chi connectivity index (χ3n) is 4.61. The SMILES string of the molecule is CC1(C)C(=O)[N+](C)(c2ccc(OC(F)F)cc2Br)C(=O)N1c1ccncc1. The van der Waals surface area contributed by atoms with Gasteiger partial charge >= 0.3 is 18.5 Å². The van der Waals surface area contributed by atoms with E-state index in [0.717, 1.165) is 0 Å². The summed E-state index contributed by atoms with van der Waals surface area (Å²) in [5.41, 5.74) is -0.245. The van der Waals surface area contributed by atoms with Crippen LogP contribution in [0.2, 0.25) is 0 Å². The second-order valence-electron chi connectivity index (χ2n) is 6.69. The first-order chi connectivity index (χ1) is 12.6. The number of alkyl halides is 2. The number of carbonyl (C=O) groups excluding carboxylic acids is 2. The molecule has 3 rings (SSSR count). The lowest BCUT2D eigenvalue weighted by atomic mass is 10.0. The molecule has 0 spiro atoms. The normalized spacial score (nSPS) is 21.8. The first-order valence-corrected chi connectivity index (χ1v) is 8.80. The largest absolute Gasteiger partial charge is 0.437 e. The summed E-state index contributed by atoms with van der Waals surface area (Å²) in [5, 5.41) is 0. The van der Waals surface area contributed by atoms with E-state index in [-0.39, 0.29) is 11.7 Å². The maximum absolute atomic E-state index is 13.4. The second-order valence-corrected chi connectivity index (χ2v) is 7.54. The summed E-state index contributed by atoms with van der Waals surface area (Å²) in [4.78, 5) is 32.0. The summed E-state index contributed by atoms with van der Waals surface area (Å²) in [6.45, 7) is 0.363. The van der Waals surface area contributed by atoms with Crippen LogP contribution < -0.4 is 14.1 Å². The van der Waals surface area contributed by atoms with Gasteiger partial charge in [0.05, 0.1) is 17.2 Å². The predicted molar refractivity (Wildman–Crippen MR) is 99.7 cm³/mol. The van der Waals surface area contributed by atoms with Crippen molar-refractivity contribution in [3.8, 4) is 5.75 Å². The van der Waals surface area contributed by atoms with Gasteiger partial charge in [-0.1, -0.05) is 0 Å². The van der Waals surface area contributed by atoms with Gasteiger partial charge in [0.1, 0.15) is 5.75 Å². The molecule has 1 aromatic heterocycles. The first-order valence-electron chi connectivity index (χ1n) is 8.01. The van der Waals surface area contributed by atoms with Gasteiger partial charge in [-0.3, -0.25) is 4.98 Å². The van der Waals surface area contributed by atoms with Crippen molar-refractivity contribution in [2.45, 2.75) is 26.0 Å². The Kier molecular flexibility index (Phi) is 4.77. The van der Waals surface area contributed by atoms with Crippen molar-refractivity contribution in [2.75, 3.05) is 11.9 Å². The third kappa shape index (κ3) is 3.00. The van der Waals surface area contributed by atoms with E-state index in [1.807, 2.05) is 0 Å². The molecule has 0 aliphatic carbocycles. The molecule has 0 N–H and O–H groups in total. The molecule has 27 heavy (non-hydrogen) atoms. The number of rotatable bonds is 4. The molecule has 1 unspecified atom stereocenters. The second kappa shape index (κ2) is 6.65. The molecule has 0 radical (unpaired) electrons. The molecule has 6 nitrogen and oxygen atoms in total. The van der Waals surface area contributed by atoms with Crippen LogP contribution >= 0.6 is 15.9 Å². The Morgan fingerprint density at radius 2 is 1.81 bits per heavy atom. The fraction of sp³-hybridized carbons (Fsp3) is 0.278. The van der Waals surface area contributed by atoms with E-state index in [9.17, 15) is 18.4 Å². The average molecular weight is 441 g/mol. The summed E-state index contributed by atoms with van der Waals surface area (Å²) in [6, 6.07) is 6.89. The zero-order chi connectivity index (χ0) is 20.0. The fourth-order valence-electron chi connectivity index (χ4n) is 3.33. The number of ether oxygens (including phenoxy) is 1. The molecule has 1 saturated heterocycles. The van der Waals surface area contributed by atoms with E-state index >= 15 is 0 Å². The summed E-state index contributed by atoms with van der Waals surface area (Å²) in [6.07, 6.45) is 3.08. The molecule has 1 aliphatic heterocycles. The van der Waals surface area contributed by atoms with Crippen LogP contribution in [0.25, 0.3) is 0 Å². The minimum atomic E-state index is -2.97. The molecule has 2 aromatic rings. The van der Waals surface area contributed by atoms with Crippen LogP contribution in [0.1, 0.15) is 13.8 Å². The first kappa shape index (κ1) is 19.4. The number of benzene rings is 1. The molecule has 1 aliphatic rings. The fourth-order valence-corrected chi connectivity index (χ4v) is 4.05. The van der Waals surface area contributed by atoms with E-state index in [1.54, 1.807) is 26.0 Å². The number of aromatic nitrogens is 1. The molecular weight excluding hydrogens is 424 g/mol. The van der Waals surface area contributed by atoms with Gasteiger partial charge in [-0.05, 0) is 48.0 Å². The third-order valence-corrected chi connectivity index (χ3v) is 5.24. The molecule has 2 heterocycles. The summed E-state index contributed by atoms with van der Waals surface area (Å²) in [7, 11) is 1.49. The molecule has 3 amide bonds. The highest BCUT2D eigenvalue weighted by atomic mass is 79.9. The monoisotopic (exact) mass is 440 g/mol. The van der Waals surface area contributed by atoms with Crippen molar-refractivity contribution in [3.63, 3.8) is 0 Å². The van der Waals surface area contributed by atoms with Gasteiger partial charge in [0.15, 0.2) is 11.2 Å². The molecule has 1 fully saturated rings. The van der Waals surface area contributed by atoms with E-state index < -0.39 is 22.7 Å². The number of urea groups is 1. The number of hydrogen-bond donors (Lipinski definition) is 0. The molecule has 0 bridgehead atoms. The van der Waals surface area contributed by atoms with Gasteiger partial charge in [0.2, 0.25) is 0 Å². The Labute approximate surface area is 163 Å². The highest BCUT2D eigenvalue weighted by molar-refractivity contribution is 9.10. The topological polar surface area (TPSA) is 59.5 Å². The lowest BCUT2D eigenvalue weighted by molar-refractivity contribution is -0.128. The number of hydrogen-bond acceptors (Lipinski definition) is 4. The van der Waals surface area contributed by atoms with Crippen molar-refractivity contribution in [3.05, 3.63) is 47.2 Å². The van der Waals surface area contributed by atoms with Crippen molar-refractivity contribution >= 4 is 39.2 Å². The van der Waals surface area contributed by atoms with Crippen LogP contribution in [0, 0.1) is 0 Å². The number of anilines is 1. The number of halogens is 3. The maximum atomic E-state index is 13.4. The van der Waals surface area contributed by atoms with Crippen LogP contribution in [0.5, 0.6) is 5.75 Å². The van der Waals surface area contributed by atoms with E-state index in [1.165, 1.54) is 42.5 Å². The maximum Gasteiger partial charge on any atom is 0.437 e. The van der Waals surface area contributed by atoms with Crippen LogP contribution in [-0.2, 0) is 4.79 Å². The highest BCUT2D eigenvalue weighted by Crippen LogP contribution is 2.43.